The van der Waals surface area contributed by atoms with Crippen LogP contribution in [0.2, 0.25) is 0 Å². The van der Waals surface area contributed by atoms with E-state index < -0.39 is 10.0 Å². The van der Waals surface area contributed by atoms with Crippen molar-refractivity contribution < 1.29 is 13.2 Å². The van der Waals surface area contributed by atoms with Gasteiger partial charge in [-0.1, -0.05) is 19.3 Å². The Balaban J connectivity index is 1.89. The highest BCUT2D eigenvalue weighted by atomic mass is 32.2. The number of anilines is 1. The second-order valence-corrected chi connectivity index (χ2v) is 8.89. The molecule has 1 heterocycles. The number of benzene rings is 1. The van der Waals surface area contributed by atoms with E-state index in [-0.39, 0.29) is 10.8 Å². The largest absolute Gasteiger partial charge is 0.307 e. The number of nitrogens with zero attached hydrogens (tertiary/aromatic N) is 2. The number of aryl methyl sites for hydroxylation is 1. The van der Waals surface area contributed by atoms with Crippen LogP contribution >= 0.6 is 0 Å². The third-order valence-electron chi connectivity index (χ3n) is 5.27. The maximum Gasteiger partial charge on any atom is 0.256 e. The van der Waals surface area contributed by atoms with Crippen molar-refractivity contribution in [3.05, 3.63) is 41.1 Å². The molecule has 1 aromatic heterocycles. The minimum atomic E-state index is -3.64. The summed E-state index contributed by atoms with van der Waals surface area (Å²) in [6.45, 7) is 3.53. The lowest BCUT2D eigenvalue weighted by molar-refractivity contribution is 0.102. The minimum absolute atomic E-state index is 0.121. The maximum atomic E-state index is 12.8. The summed E-state index contributed by atoms with van der Waals surface area (Å²) in [7, 11) is -2.28. The van der Waals surface area contributed by atoms with Gasteiger partial charge in [0.2, 0.25) is 10.0 Å². The van der Waals surface area contributed by atoms with E-state index in [0.717, 1.165) is 18.4 Å². The quantitative estimate of drug-likeness (QED) is 0.820. The predicted molar refractivity (Wildman–Crippen MR) is 104 cm³/mol. The minimum Gasteiger partial charge on any atom is -0.307 e. The summed E-state index contributed by atoms with van der Waals surface area (Å²) in [6, 6.07) is 5.20. The molecular formula is C19H26N4O3S. The Labute approximate surface area is 160 Å². The molecule has 2 aromatic rings. The molecule has 0 atom stereocenters. The van der Waals surface area contributed by atoms with Crippen LogP contribution in [0, 0.1) is 13.8 Å². The highest BCUT2D eigenvalue weighted by Crippen LogP contribution is 2.30. The number of aromatic nitrogens is 2. The fourth-order valence-corrected chi connectivity index (χ4v) is 4.63. The van der Waals surface area contributed by atoms with Crippen molar-refractivity contribution in [3.63, 3.8) is 0 Å². The lowest BCUT2D eigenvalue weighted by Gasteiger charge is -2.24. The SMILES string of the molecule is CNS(=O)(=O)c1cc(C(=O)Nc2ccnn2C2CCCCC2)cc(C)c1C. The molecule has 1 amide bonds. The van der Waals surface area contributed by atoms with Crippen LogP contribution in [-0.4, -0.2) is 31.2 Å². The number of carbonyl (C=O) groups is 1. The first-order chi connectivity index (χ1) is 12.8. The molecule has 0 aliphatic heterocycles. The topological polar surface area (TPSA) is 93.1 Å². The lowest BCUT2D eigenvalue weighted by atomic mass is 9.96. The van der Waals surface area contributed by atoms with E-state index in [1.165, 1.54) is 32.4 Å². The third kappa shape index (κ3) is 4.06. The van der Waals surface area contributed by atoms with Crippen LogP contribution in [0.15, 0.2) is 29.3 Å². The van der Waals surface area contributed by atoms with Gasteiger partial charge in [-0.3, -0.25) is 4.79 Å². The molecular weight excluding hydrogens is 364 g/mol. The highest BCUT2D eigenvalue weighted by molar-refractivity contribution is 7.89. The van der Waals surface area contributed by atoms with Gasteiger partial charge in [0.15, 0.2) is 0 Å². The monoisotopic (exact) mass is 390 g/mol. The van der Waals surface area contributed by atoms with Crippen LogP contribution in [0.3, 0.4) is 0 Å². The molecule has 0 radical (unpaired) electrons. The molecule has 0 saturated heterocycles. The summed E-state index contributed by atoms with van der Waals surface area (Å²) in [5, 5.41) is 7.28. The van der Waals surface area contributed by atoms with E-state index in [2.05, 4.69) is 15.1 Å². The first-order valence-corrected chi connectivity index (χ1v) is 10.7. The summed E-state index contributed by atoms with van der Waals surface area (Å²) in [4.78, 5) is 12.9. The van der Waals surface area contributed by atoms with Crippen molar-refractivity contribution in [2.75, 3.05) is 12.4 Å². The Morgan fingerprint density at radius 2 is 1.89 bits per heavy atom. The second kappa shape index (κ2) is 7.82. The van der Waals surface area contributed by atoms with Crippen molar-refractivity contribution in [2.24, 2.45) is 0 Å². The molecule has 1 aliphatic carbocycles. The van der Waals surface area contributed by atoms with Gasteiger partial charge in [0.05, 0.1) is 17.1 Å². The van der Waals surface area contributed by atoms with Crippen molar-refractivity contribution >= 4 is 21.7 Å². The molecule has 7 nitrogen and oxygen atoms in total. The van der Waals surface area contributed by atoms with Gasteiger partial charge in [0.25, 0.3) is 5.91 Å². The first-order valence-electron chi connectivity index (χ1n) is 9.23. The zero-order valence-electron chi connectivity index (χ0n) is 15.9. The number of nitrogens with one attached hydrogen (secondary N) is 2. The van der Waals surface area contributed by atoms with Crippen LogP contribution < -0.4 is 10.0 Å². The summed E-state index contributed by atoms with van der Waals surface area (Å²) >= 11 is 0. The molecule has 1 fully saturated rings. The molecule has 3 rings (SSSR count). The third-order valence-corrected chi connectivity index (χ3v) is 6.81. The smallest absolute Gasteiger partial charge is 0.256 e. The zero-order chi connectivity index (χ0) is 19.6. The van der Waals surface area contributed by atoms with Crippen molar-refractivity contribution in [1.29, 1.82) is 0 Å². The lowest BCUT2D eigenvalue weighted by Crippen LogP contribution is -2.22. The van der Waals surface area contributed by atoms with Crippen LogP contribution in [0.1, 0.15) is 59.6 Å². The number of hydrogen-bond donors (Lipinski definition) is 2. The molecule has 0 unspecified atom stereocenters. The van der Waals surface area contributed by atoms with Crippen molar-refractivity contribution in [1.82, 2.24) is 14.5 Å². The van der Waals surface area contributed by atoms with Gasteiger partial charge in [0.1, 0.15) is 5.82 Å². The standard InChI is InChI=1S/C19H26N4O3S/c1-13-11-15(12-17(14(13)2)27(25,26)20-3)19(24)22-18-9-10-21-23(18)16-7-5-4-6-8-16/h9-12,16,20H,4-8H2,1-3H3,(H,22,24). The Bertz CT molecular complexity index is 944. The Kier molecular flexibility index (Phi) is 5.67. The molecule has 2 N–H and O–H groups in total. The van der Waals surface area contributed by atoms with Gasteiger partial charge in [-0.25, -0.2) is 17.8 Å². The average Bonchev–Trinajstić information content (AvgIpc) is 3.12. The highest BCUT2D eigenvalue weighted by Gasteiger charge is 2.22. The van der Waals surface area contributed by atoms with Gasteiger partial charge < -0.3 is 5.32 Å². The van der Waals surface area contributed by atoms with Crippen LogP contribution in [0.4, 0.5) is 5.82 Å². The van der Waals surface area contributed by atoms with Gasteiger partial charge >= 0.3 is 0 Å². The average molecular weight is 391 g/mol. The summed E-state index contributed by atoms with van der Waals surface area (Å²) in [6.07, 6.45) is 7.37. The van der Waals surface area contributed by atoms with E-state index in [0.29, 0.717) is 23.0 Å². The molecule has 1 aromatic carbocycles. The number of hydrogen-bond acceptors (Lipinski definition) is 4. The molecule has 146 valence electrons. The molecule has 1 saturated carbocycles. The van der Waals surface area contributed by atoms with Gasteiger partial charge in [-0.05, 0) is 57.0 Å². The maximum absolute atomic E-state index is 12.8. The van der Waals surface area contributed by atoms with Crippen LogP contribution in [0.5, 0.6) is 0 Å². The predicted octanol–water partition coefficient (Wildman–Crippen LogP) is 3.17. The van der Waals surface area contributed by atoms with Crippen molar-refractivity contribution in [3.8, 4) is 0 Å². The second-order valence-electron chi connectivity index (χ2n) is 7.03. The van der Waals surface area contributed by atoms with Crippen LogP contribution in [-0.2, 0) is 10.0 Å². The number of amides is 1. The number of sulfonamides is 1. The Morgan fingerprint density at radius 1 is 1.19 bits per heavy atom. The van der Waals surface area contributed by atoms with Gasteiger partial charge in [0, 0.05) is 11.6 Å². The number of rotatable bonds is 5. The van der Waals surface area contributed by atoms with Gasteiger partial charge in [-0.15, -0.1) is 0 Å². The van der Waals surface area contributed by atoms with E-state index in [9.17, 15) is 13.2 Å². The van der Waals surface area contributed by atoms with E-state index >= 15 is 0 Å². The summed E-state index contributed by atoms with van der Waals surface area (Å²) in [5.74, 6) is 0.298. The molecule has 1 aliphatic rings. The Morgan fingerprint density at radius 3 is 2.56 bits per heavy atom. The van der Waals surface area contributed by atoms with E-state index in [1.54, 1.807) is 32.2 Å². The molecule has 27 heavy (non-hydrogen) atoms. The molecule has 8 heteroatoms. The first kappa shape index (κ1) is 19.6. The molecule has 0 bridgehead atoms. The van der Waals surface area contributed by atoms with E-state index in [1.807, 2.05) is 4.68 Å². The zero-order valence-corrected chi connectivity index (χ0v) is 16.8. The van der Waals surface area contributed by atoms with Gasteiger partial charge in [-0.2, -0.15) is 5.10 Å². The summed E-state index contributed by atoms with van der Waals surface area (Å²) < 4.78 is 28.7. The Hall–Kier alpha value is -2.19. The fraction of sp³-hybridized carbons (Fsp3) is 0.474. The molecule has 0 spiro atoms. The van der Waals surface area contributed by atoms with Crippen molar-refractivity contribution in [2.45, 2.75) is 56.9 Å². The fourth-order valence-electron chi connectivity index (χ4n) is 3.57. The summed E-state index contributed by atoms with van der Waals surface area (Å²) in [5.41, 5.74) is 1.69. The number of carbonyl (C=O) groups excluding carboxylic acids is 1. The normalized spacial score (nSPS) is 15.7. The van der Waals surface area contributed by atoms with Crippen LogP contribution in [0.25, 0.3) is 0 Å². The van der Waals surface area contributed by atoms with E-state index in [4.69, 9.17) is 0 Å².